The molecule has 1 saturated carbocycles. The standard InChI is InChI=1S/C35H52N4O5/c1-20(2)14-27(40)25-12-11-13-26-28(25)37-31(42)34(26)18-33(36-8)19-39-22(5)15-24(44-30(41)29(21(3)4)38(9)10)16-23(39)17-35(33,43)32(34,6)7/h11-14,21-24,29,36,43H,15-19H2,1-10H3,(H,37,42)/t22-,23+,24+,29-,33+,34-,35-/m0/s1. The molecular formula is C35H52N4O5. The maximum Gasteiger partial charge on any atom is 0.323 e. The lowest BCUT2D eigenvalue weighted by Crippen LogP contribution is -2.75. The van der Waals surface area contributed by atoms with E-state index in [0.29, 0.717) is 43.5 Å². The van der Waals surface area contributed by atoms with Crippen LogP contribution in [0.4, 0.5) is 5.69 Å². The molecule has 3 fully saturated rings. The molecule has 242 valence electrons. The van der Waals surface area contributed by atoms with Gasteiger partial charge in [0.25, 0.3) is 0 Å². The highest BCUT2D eigenvalue weighted by atomic mass is 16.5. The molecule has 3 heterocycles. The Morgan fingerprint density at radius 3 is 2.48 bits per heavy atom. The minimum absolute atomic E-state index is 0.0242. The van der Waals surface area contributed by atoms with E-state index in [1.165, 1.54) is 0 Å². The zero-order valence-corrected chi connectivity index (χ0v) is 28.2. The van der Waals surface area contributed by atoms with Crippen LogP contribution in [0.15, 0.2) is 29.8 Å². The molecule has 0 radical (unpaired) electrons. The van der Waals surface area contributed by atoms with E-state index in [1.54, 1.807) is 12.1 Å². The summed E-state index contributed by atoms with van der Waals surface area (Å²) in [6.45, 7) is 14.6. The van der Waals surface area contributed by atoms with Gasteiger partial charge < -0.3 is 20.5 Å². The third kappa shape index (κ3) is 4.52. The summed E-state index contributed by atoms with van der Waals surface area (Å²) in [6, 6.07) is 5.34. The first-order chi connectivity index (χ1) is 20.5. The number of benzene rings is 1. The van der Waals surface area contributed by atoms with Crippen LogP contribution in [0.5, 0.6) is 0 Å². The molecule has 2 saturated heterocycles. The van der Waals surface area contributed by atoms with Gasteiger partial charge in [-0.2, -0.15) is 0 Å². The second-order valence-corrected chi connectivity index (χ2v) is 15.2. The van der Waals surface area contributed by atoms with Crippen LogP contribution in [0.1, 0.15) is 90.1 Å². The molecule has 1 spiro atoms. The Balaban J connectivity index is 1.52. The molecule has 3 N–H and O–H groups in total. The Kier molecular flexibility index (Phi) is 8.23. The number of anilines is 1. The highest BCUT2D eigenvalue weighted by molar-refractivity contribution is 6.16. The van der Waals surface area contributed by atoms with Crippen LogP contribution in [-0.2, 0) is 19.7 Å². The van der Waals surface area contributed by atoms with Gasteiger partial charge in [0.15, 0.2) is 5.78 Å². The van der Waals surface area contributed by atoms with Gasteiger partial charge in [0.05, 0.1) is 22.2 Å². The summed E-state index contributed by atoms with van der Waals surface area (Å²) in [5, 5.41) is 19.7. The number of allylic oxidation sites excluding steroid dienone is 2. The predicted octanol–water partition coefficient (Wildman–Crippen LogP) is 3.90. The fourth-order valence-corrected chi connectivity index (χ4v) is 9.47. The number of amides is 1. The number of nitrogens with one attached hydrogen (secondary N) is 2. The lowest BCUT2D eigenvalue weighted by Gasteiger charge is -2.60. The molecule has 44 heavy (non-hydrogen) atoms. The fourth-order valence-electron chi connectivity index (χ4n) is 9.47. The smallest absolute Gasteiger partial charge is 0.323 e. The van der Waals surface area contributed by atoms with Gasteiger partial charge in [0, 0.05) is 36.0 Å². The molecule has 5 rings (SSSR count). The first-order valence-corrected chi connectivity index (χ1v) is 16.1. The number of rotatable bonds is 7. The van der Waals surface area contributed by atoms with Gasteiger partial charge in [-0.25, -0.2) is 0 Å². The molecule has 0 bridgehead atoms. The summed E-state index contributed by atoms with van der Waals surface area (Å²) in [6.07, 6.45) is 3.52. The molecule has 1 amide bonds. The van der Waals surface area contributed by atoms with E-state index in [9.17, 15) is 19.5 Å². The van der Waals surface area contributed by atoms with Gasteiger partial charge >= 0.3 is 5.97 Å². The van der Waals surface area contributed by atoms with E-state index in [2.05, 4.69) is 22.5 Å². The zero-order valence-electron chi connectivity index (χ0n) is 28.2. The van der Waals surface area contributed by atoms with Crippen molar-refractivity contribution in [3.8, 4) is 0 Å². The minimum Gasteiger partial charge on any atom is -0.461 e. The van der Waals surface area contributed by atoms with Crippen molar-refractivity contribution in [2.24, 2.45) is 11.3 Å². The number of ether oxygens (including phenoxy) is 1. The van der Waals surface area contributed by atoms with Gasteiger partial charge in [-0.15, -0.1) is 0 Å². The highest BCUT2D eigenvalue weighted by Gasteiger charge is 2.79. The monoisotopic (exact) mass is 608 g/mol. The summed E-state index contributed by atoms with van der Waals surface area (Å²) in [5.74, 6) is -0.397. The van der Waals surface area contributed by atoms with Crippen LogP contribution in [0.2, 0.25) is 0 Å². The van der Waals surface area contributed by atoms with Crippen LogP contribution in [0.3, 0.4) is 0 Å². The van der Waals surface area contributed by atoms with Crippen LogP contribution in [0, 0.1) is 11.3 Å². The number of likely N-dealkylation sites (N-methyl/N-ethyl adjacent to an activating group) is 2. The van der Waals surface area contributed by atoms with E-state index < -0.39 is 22.0 Å². The fraction of sp³-hybridized carbons (Fsp3) is 0.686. The van der Waals surface area contributed by atoms with Gasteiger partial charge in [0.2, 0.25) is 5.91 Å². The number of nitrogens with zero attached hydrogens (tertiary/aromatic N) is 2. The summed E-state index contributed by atoms with van der Waals surface area (Å²) in [4.78, 5) is 45.1. The van der Waals surface area contributed by atoms with Crippen molar-refractivity contribution in [2.75, 3.05) is 33.0 Å². The lowest BCUT2D eigenvalue weighted by molar-refractivity contribution is -0.185. The van der Waals surface area contributed by atoms with Crippen molar-refractivity contribution >= 4 is 23.3 Å². The first kappa shape index (κ1) is 32.8. The van der Waals surface area contributed by atoms with Crippen molar-refractivity contribution in [1.82, 2.24) is 15.1 Å². The average molecular weight is 609 g/mol. The number of hydrogen-bond donors (Lipinski definition) is 3. The van der Waals surface area contributed by atoms with E-state index in [0.717, 1.165) is 11.1 Å². The highest BCUT2D eigenvalue weighted by Crippen LogP contribution is 2.69. The Morgan fingerprint density at radius 2 is 1.89 bits per heavy atom. The van der Waals surface area contributed by atoms with Gasteiger partial charge in [0.1, 0.15) is 12.1 Å². The van der Waals surface area contributed by atoms with E-state index in [4.69, 9.17) is 4.74 Å². The third-order valence-corrected chi connectivity index (χ3v) is 11.6. The van der Waals surface area contributed by atoms with Crippen LogP contribution in [0.25, 0.3) is 0 Å². The molecule has 0 unspecified atom stereocenters. The second kappa shape index (κ2) is 11.0. The van der Waals surface area contributed by atoms with Gasteiger partial charge in [-0.3, -0.25) is 24.2 Å². The third-order valence-electron chi connectivity index (χ3n) is 11.6. The molecule has 9 nitrogen and oxygen atoms in total. The molecular weight excluding hydrogens is 556 g/mol. The van der Waals surface area contributed by atoms with E-state index >= 15 is 0 Å². The number of ketones is 1. The number of hydrogen-bond acceptors (Lipinski definition) is 8. The number of aliphatic hydroxyl groups is 1. The van der Waals surface area contributed by atoms with Crippen molar-refractivity contribution in [3.05, 3.63) is 41.0 Å². The van der Waals surface area contributed by atoms with Crippen molar-refractivity contribution < 1.29 is 24.2 Å². The van der Waals surface area contributed by atoms with Crippen molar-refractivity contribution in [2.45, 2.75) is 115 Å². The summed E-state index contributed by atoms with van der Waals surface area (Å²) in [5.41, 5.74) is -1.32. The Morgan fingerprint density at radius 1 is 1.20 bits per heavy atom. The molecule has 1 aromatic rings. The van der Waals surface area contributed by atoms with Crippen LogP contribution < -0.4 is 10.6 Å². The molecule has 3 aliphatic heterocycles. The summed E-state index contributed by atoms with van der Waals surface area (Å²) >= 11 is 0. The zero-order chi connectivity index (χ0) is 32.6. The largest absolute Gasteiger partial charge is 0.461 e. The van der Waals surface area contributed by atoms with E-state index in [-0.39, 0.29) is 47.8 Å². The van der Waals surface area contributed by atoms with Gasteiger partial charge in [-0.1, -0.05) is 45.4 Å². The number of fused-ring (bicyclic) bond motifs is 4. The summed E-state index contributed by atoms with van der Waals surface area (Å²) < 4.78 is 6.16. The second-order valence-electron chi connectivity index (χ2n) is 15.2. The normalized spacial score (nSPS) is 34.8. The maximum absolute atomic E-state index is 14.3. The predicted molar refractivity (Wildman–Crippen MR) is 172 cm³/mol. The summed E-state index contributed by atoms with van der Waals surface area (Å²) in [7, 11) is 5.69. The number of piperidine rings is 2. The Labute approximate surface area is 262 Å². The van der Waals surface area contributed by atoms with E-state index in [1.807, 2.05) is 79.7 Å². The molecule has 7 atom stereocenters. The SMILES string of the molecule is CN[C@]12CN3[C@H](C[C@H](OC(=O)[C@H](C(C)C)N(C)C)C[C@@H]3C)C[C@]1(O)C(C)(C)[C@]1(C2)C(=O)Nc2c(C(=O)C=C(C)C)cccc21. The molecule has 1 aliphatic carbocycles. The minimum atomic E-state index is -1.27. The van der Waals surface area contributed by atoms with Gasteiger partial charge in [-0.05, 0) is 84.8 Å². The van der Waals surface area contributed by atoms with Crippen LogP contribution in [-0.4, -0.2) is 95.6 Å². The topological polar surface area (TPSA) is 111 Å². The van der Waals surface area contributed by atoms with Crippen molar-refractivity contribution in [1.29, 1.82) is 0 Å². The maximum atomic E-state index is 14.3. The molecule has 1 aromatic carbocycles. The number of carbonyl (C=O) groups excluding carboxylic acids is 3. The number of carbonyl (C=O) groups is 3. The Hall–Kier alpha value is -2.59. The molecule has 9 heteroatoms. The molecule has 4 aliphatic rings. The quantitative estimate of drug-likeness (QED) is 0.243. The van der Waals surface area contributed by atoms with Crippen molar-refractivity contribution in [3.63, 3.8) is 0 Å². The first-order valence-electron chi connectivity index (χ1n) is 16.1. The molecule has 0 aromatic heterocycles. The number of para-hydroxylation sites is 1. The lowest BCUT2D eigenvalue weighted by atomic mass is 9.57. The number of esters is 1. The average Bonchev–Trinajstić information content (AvgIpc) is 3.28. The van der Waals surface area contributed by atoms with Crippen LogP contribution >= 0.6 is 0 Å². The Bertz CT molecular complexity index is 1370.